The number of amides is 1. The van der Waals surface area contributed by atoms with Crippen LogP contribution >= 0.6 is 0 Å². The molecule has 0 aliphatic carbocycles. The molecule has 8 nitrogen and oxygen atoms in total. The van der Waals surface area contributed by atoms with Gasteiger partial charge in [-0.3, -0.25) is 4.79 Å². The van der Waals surface area contributed by atoms with Crippen molar-refractivity contribution in [2.45, 2.75) is 18.9 Å². The van der Waals surface area contributed by atoms with Gasteiger partial charge in [0.25, 0.3) is 0 Å². The summed E-state index contributed by atoms with van der Waals surface area (Å²) in [5.74, 6) is 0.496. The predicted octanol–water partition coefficient (Wildman–Crippen LogP) is 0.842. The number of nitrogens with one attached hydrogen (secondary N) is 1. The van der Waals surface area contributed by atoms with Crippen LogP contribution in [0.5, 0.6) is 5.75 Å². The number of benzene rings is 1. The molecule has 0 unspecified atom stereocenters. The number of fused-ring (bicyclic) bond motifs is 1. The van der Waals surface area contributed by atoms with Crippen molar-refractivity contribution in [3.05, 3.63) is 47.9 Å². The molecular weight excluding hydrogens is 322 g/mol. The smallest absolute Gasteiger partial charge is 0.229 e. The standard InChI is InChI=1S/C17H21N5O3/c1-10-14(16(18)24)15(11-6-3-4-7-12(11)25-2)22-17(19-10)20-13(21-22)8-5-9-23/h3-4,6-7,14-15,23H,1,5,8-9H2,2H3,(H2,18,24)(H,19,20,21)/t14-,15-/m0/s1. The van der Waals surface area contributed by atoms with Crippen molar-refractivity contribution in [3.8, 4) is 5.75 Å². The van der Waals surface area contributed by atoms with Gasteiger partial charge in [0.1, 0.15) is 17.7 Å². The number of rotatable bonds is 6. The zero-order valence-electron chi connectivity index (χ0n) is 14.0. The van der Waals surface area contributed by atoms with Crippen molar-refractivity contribution in [1.29, 1.82) is 0 Å². The summed E-state index contributed by atoms with van der Waals surface area (Å²) in [6.07, 6.45) is 1.09. The van der Waals surface area contributed by atoms with Crippen LogP contribution in [0.15, 0.2) is 36.5 Å². The normalized spacial score (nSPS) is 19.2. The highest BCUT2D eigenvalue weighted by Crippen LogP contribution is 2.40. The van der Waals surface area contributed by atoms with Gasteiger partial charge in [-0.2, -0.15) is 10.1 Å². The molecule has 0 fully saturated rings. The Balaban J connectivity index is 2.13. The largest absolute Gasteiger partial charge is 0.496 e. The summed E-state index contributed by atoms with van der Waals surface area (Å²) < 4.78 is 7.10. The highest BCUT2D eigenvalue weighted by Gasteiger charge is 2.40. The monoisotopic (exact) mass is 343 g/mol. The molecule has 0 saturated heterocycles. The first-order valence-corrected chi connectivity index (χ1v) is 8.01. The molecule has 0 bridgehead atoms. The molecule has 25 heavy (non-hydrogen) atoms. The fourth-order valence-electron chi connectivity index (χ4n) is 3.09. The van der Waals surface area contributed by atoms with Crippen molar-refractivity contribution in [1.82, 2.24) is 14.8 Å². The molecule has 132 valence electrons. The second-order valence-corrected chi connectivity index (χ2v) is 5.84. The van der Waals surface area contributed by atoms with E-state index in [2.05, 4.69) is 22.0 Å². The van der Waals surface area contributed by atoms with E-state index in [1.807, 2.05) is 24.3 Å². The highest BCUT2D eigenvalue weighted by molar-refractivity contribution is 5.82. The summed E-state index contributed by atoms with van der Waals surface area (Å²) in [6, 6.07) is 6.90. The third-order valence-electron chi connectivity index (χ3n) is 4.22. The third-order valence-corrected chi connectivity index (χ3v) is 4.22. The lowest BCUT2D eigenvalue weighted by molar-refractivity contribution is -0.121. The second-order valence-electron chi connectivity index (χ2n) is 5.84. The van der Waals surface area contributed by atoms with E-state index >= 15 is 0 Å². The number of ether oxygens (including phenoxy) is 1. The van der Waals surface area contributed by atoms with E-state index in [0.717, 1.165) is 5.56 Å². The van der Waals surface area contributed by atoms with E-state index < -0.39 is 17.9 Å². The number of nitrogens with two attached hydrogens (primary N) is 1. The van der Waals surface area contributed by atoms with Crippen LogP contribution in [0.3, 0.4) is 0 Å². The number of para-hydroxylation sites is 1. The van der Waals surface area contributed by atoms with Crippen molar-refractivity contribution in [2.75, 3.05) is 19.0 Å². The van der Waals surface area contributed by atoms with Gasteiger partial charge in [-0.1, -0.05) is 24.8 Å². The average molecular weight is 343 g/mol. The number of aromatic nitrogens is 3. The molecule has 1 aromatic heterocycles. The molecule has 3 rings (SSSR count). The van der Waals surface area contributed by atoms with Crippen LogP contribution < -0.4 is 15.8 Å². The van der Waals surface area contributed by atoms with E-state index in [-0.39, 0.29) is 6.61 Å². The lowest BCUT2D eigenvalue weighted by Gasteiger charge is -2.33. The molecule has 1 aromatic carbocycles. The quantitative estimate of drug-likeness (QED) is 0.716. The second kappa shape index (κ2) is 6.94. The van der Waals surface area contributed by atoms with Gasteiger partial charge in [0.2, 0.25) is 11.9 Å². The molecule has 4 N–H and O–H groups in total. The Morgan fingerprint density at radius 2 is 2.24 bits per heavy atom. The maximum atomic E-state index is 12.1. The minimum atomic E-state index is -0.698. The summed E-state index contributed by atoms with van der Waals surface area (Å²) in [6.45, 7) is 4.00. The zero-order chi connectivity index (χ0) is 18.0. The van der Waals surface area contributed by atoms with Crippen LogP contribution in [-0.2, 0) is 11.2 Å². The maximum absolute atomic E-state index is 12.1. The van der Waals surface area contributed by atoms with Crippen LogP contribution in [0.25, 0.3) is 0 Å². The van der Waals surface area contributed by atoms with Crippen molar-refractivity contribution in [3.63, 3.8) is 0 Å². The molecule has 1 amide bonds. The Labute approximate surface area is 145 Å². The van der Waals surface area contributed by atoms with Crippen molar-refractivity contribution < 1.29 is 14.6 Å². The number of primary amides is 1. The fourth-order valence-corrected chi connectivity index (χ4v) is 3.09. The number of aryl methyl sites for hydroxylation is 1. The molecular formula is C17H21N5O3. The first kappa shape index (κ1) is 17.0. The molecule has 8 heteroatoms. The highest BCUT2D eigenvalue weighted by atomic mass is 16.5. The Kier molecular flexibility index (Phi) is 4.71. The molecule has 1 aliphatic heterocycles. The van der Waals surface area contributed by atoms with Gasteiger partial charge in [0.15, 0.2) is 5.82 Å². The number of hydrogen-bond donors (Lipinski definition) is 3. The number of hydrogen-bond acceptors (Lipinski definition) is 6. The number of aliphatic hydroxyl groups is 1. The van der Waals surface area contributed by atoms with E-state index in [9.17, 15) is 4.79 Å². The Bertz CT molecular complexity index is 801. The first-order valence-electron chi connectivity index (χ1n) is 8.01. The van der Waals surface area contributed by atoms with Crippen LogP contribution in [0.1, 0.15) is 23.9 Å². The van der Waals surface area contributed by atoms with Gasteiger partial charge in [0, 0.05) is 24.3 Å². The molecule has 0 spiro atoms. The molecule has 2 heterocycles. The van der Waals surface area contributed by atoms with Gasteiger partial charge in [-0.15, -0.1) is 0 Å². The minimum absolute atomic E-state index is 0.0594. The molecule has 2 atom stereocenters. The predicted molar refractivity (Wildman–Crippen MR) is 92.0 cm³/mol. The van der Waals surface area contributed by atoms with Crippen LogP contribution in [0, 0.1) is 5.92 Å². The number of methoxy groups -OCH3 is 1. The summed E-state index contributed by atoms with van der Waals surface area (Å²) in [7, 11) is 1.57. The molecule has 0 saturated carbocycles. The van der Waals surface area contributed by atoms with Gasteiger partial charge >= 0.3 is 0 Å². The van der Waals surface area contributed by atoms with Crippen LogP contribution in [-0.4, -0.2) is 39.5 Å². The summed E-state index contributed by atoms with van der Waals surface area (Å²) >= 11 is 0. The Hall–Kier alpha value is -2.87. The number of nitrogens with zero attached hydrogens (tertiary/aromatic N) is 3. The summed E-state index contributed by atoms with van der Waals surface area (Å²) in [5.41, 5.74) is 6.89. The number of anilines is 1. The van der Waals surface area contributed by atoms with Gasteiger partial charge < -0.3 is 20.9 Å². The van der Waals surface area contributed by atoms with E-state index in [0.29, 0.717) is 36.1 Å². The average Bonchev–Trinajstić information content (AvgIpc) is 3.00. The Morgan fingerprint density at radius 1 is 1.48 bits per heavy atom. The van der Waals surface area contributed by atoms with Crippen molar-refractivity contribution >= 4 is 11.9 Å². The molecule has 1 aliphatic rings. The third kappa shape index (κ3) is 3.08. The number of carbonyl (C=O) groups excluding carboxylic acids is 1. The fraction of sp³-hybridized carbons (Fsp3) is 0.353. The topological polar surface area (TPSA) is 115 Å². The SMILES string of the molecule is C=C1Nc2nc(CCCO)nn2[C@@H](c2ccccc2OC)[C@H]1C(N)=O. The van der Waals surface area contributed by atoms with Gasteiger partial charge in [-0.05, 0) is 12.5 Å². The first-order chi connectivity index (χ1) is 12.1. The van der Waals surface area contributed by atoms with Crippen LogP contribution in [0.2, 0.25) is 0 Å². The van der Waals surface area contributed by atoms with Gasteiger partial charge in [0.05, 0.1) is 7.11 Å². The number of carbonyl (C=O) groups is 1. The molecule has 2 aromatic rings. The van der Waals surface area contributed by atoms with E-state index in [1.54, 1.807) is 11.8 Å². The summed E-state index contributed by atoms with van der Waals surface area (Å²) in [5, 5.41) is 16.5. The zero-order valence-corrected chi connectivity index (χ0v) is 14.0. The minimum Gasteiger partial charge on any atom is -0.496 e. The Morgan fingerprint density at radius 3 is 2.92 bits per heavy atom. The lowest BCUT2D eigenvalue weighted by Crippen LogP contribution is -2.40. The molecule has 0 radical (unpaired) electrons. The number of aliphatic hydroxyl groups excluding tert-OH is 1. The van der Waals surface area contributed by atoms with E-state index in [1.165, 1.54) is 0 Å². The summed E-state index contributed by atoms with van der Waals surface area (Å²) in [4.78, 5) is 16.6. The van der Waals surface area contributed by atoms with Crippen LogP contribution in [0.4, 0.5) is 5.95 Å². The lowest BCUT2D eigenvalue weighted by atomic mass is 9.88. The van der Waals surface area contributed by atoms with E-state index in [4.69, 9.17) is 15.6 Å². The maximum Gasteiger partial charge on any atom is 0.229 e. The van der Waals surface area contributed by atoms with Gasteiger partial charge in [-0.25, -0.2) is 4.68 Å². The van der Waals surface area contributed by atoms with Crippen molar-refractivity contribution in [2.24, 2.45) is 11.7 Å².